The monoisotopic (exact) mass is 356 g/mol. The Bertz CT molecular complexity index is 788. The van der Waals surface area contributed by atoms with E-state index in [1.165, 1.54) is 0 Å². The van der Waals surface area contributed by atoms with Crippen LogP contribution in [0.4, 0.5) is 4.79 Å². The van der Waals surface area contributed by atoms with E-state index in [9.17, 15) is 4.79 Å². The second-order valence-corrected chi connectivity index (χ2v) is 7.49. The Balaban J connectivity index is 1.35. The van der Waals surface area contributed by atoms with Gasteiger partial charge in [-0.1, -0.05) is 19.9 Å². The molecule has 138 valence electrons. The molecule has 4 rings (SSSR count). The van der Waals surface area contributed by atoms with Gasteiger partial charge in [-0.3, -0.25) is 4.68 Å². The molecule has 1 fully saturated rings. The molecule has 2 aliphatic rings. The molecule has 1 unspecified atom stereocenters. The zero-order valence-electron chi connectivity index (χ0n) is 15.1. The first kappa shape index (κ1) is 16.8. The van der Waals surface area contributed by atoms with Crippen LogP contribution >= 0.6 is 0 Å². The molecule has 2 aromatic rings. The van der Waals surface area contributed by atoms with Crippen molar-refractivity contribution in [3.8, 4) is 11.5 Å². The smallest absolute Gasteiger partial charge is 0.317 e. The van der Waals surface area contributed by atoms with Gasteiger partial charge in [-0.05, 0) is 30.2 Å². The van der Waals surface area contributed by atoms with Crippen molar-refractivity contribution in [2.45, 2.75) is 31.7 Å². The average Bonchev–Trinajstić information content (AvgIpc) is 3.39. The average molecular weight is 356 g/mol. The molecule has 1 aromatic carbocycles. The van der Waals surface area contributed by atoms with E-state index in [-0.39, 0.29) is 24.3 Å². The molecule has 7 heteroatoms. The molecule has 0 spiro atoms. The standard InChI is InChI=1S/C19H24N4O3/c1-19(2,14-4-5-16-17(10-14)26-13-25-16)12-20-18(24)22-9-6-15(11-22)23-8-3-7-21-23/h3-5,7-8,10,15H,6,9,11-13H2,1-2H3,(H,20,24). The SMILES string of the molecule is CC(C)(CNC(=O)N1CCC(n2cccn2)C1)c1ccc2c(c1)OCO2. The lowest BCUT2D eigenvalue weighted by atomic mass is 9.84. The largest absolute Gasteiger partial charge is 0.454 e. The van der Waals surface area contributed by atoms with Gasteiger partial charge in [-0.25, -0.2) is 4.79 Å². The van der Waals surface area contributed by atoms with Crippen LogP contribution in [0.5, 0.6) is 11.5 Å². The predicted octanol–water partition coefficient (Wildman–Crippen LogP) is 2.55. The number of amides is 2. The van der Waals surface area contributed by atoms with Crippen LogP contribution < -0.4 is 14.8 Å². The first-order valence-electron chi connectivity index (χ1n) is 8.95. The van der Waals surface area contributed by atoms with Crippen LogP contribution in [0, 0.1) is 0 Å². The van der Waals surface area contributed by atoms with E-state index in [4.69, 9.17) is 9.47 Å². The molecule has 0 saturated carbocycles. The van der Waals surface area contributed by atoms with Gasteiger partial charge < -0.3 is 19.7 Å². The molecule has 1 atom stereocenters. The number of aromatic nitrogens is 2. The van der Waals surface area contributed by atoms with E-state index in [0.29, 0.717) is 13.1 Å². The summed E-state index contributed by atoms with van der Waals surface area (Å²) < 4.78 is 12.8. The molecular formula is C19H24N4O3. The number of rotatable bonds is 4. The Morgan fingerprint density at radius 2 is 2.19 bits per heavy atom. The summed E-state index contributed by atoms with van der Waals surface area (Å²) in [6.07, 6.45) is 4.66. The van der Waals surface area contributed by atoms with Gasteiger partial charge in [0.2, 0.25) is 6.79 Å². The minimum atomic E-state index is -0.211. The second-order valence-electron chi connectivity index (χ2n) is 7.49. The van der Waals surface area contributed by atoms with Crippen molar-refractivity contribution < 1.29 is 14.3 Å². The molecule has 1 saturated heterocycles. The summed E-state index contributed by atoms with van der Waals surface area (Å²) >= 11 is 0. The summed E-state index contributed by atoms with van der Waals surface area (Å²) in [5.41, 5.74) is 0.899. The van der Waals surface area contributed by atoms with E-state index in [1.807, 2.05) is 40.0 Å². The lowest BCUT2D eigenvalue weighted by Gasteiger charge is -2.27. The molecule has 3 heterocycles. The van der Waals surface area contributed by atoms with Gasteiger partial charge in [-0.15, -0.1) is 0 Å². The Kier molecular flexibility index (Phi) is 4.22. The number of benzene rings is 1. The van der Waals surface area contributed by atoms with E-state index in [1.54, 1.807) is 6.20 Å². The maximum absolute atomic E-state index is 12.6. The number of urea groups is 1. The Labute approximate surface area is 152 Å². The van der Waals surface area contributed by atoms with Crippen molar-refractivity contribution in [2.75, 3.05) is 26.4 Å². The number of ether oxygens (including phenoxy) is 2. The number of nitrogens with zero attached hydrogens (tertiary/aromatic N) is 3. The molecule has 1 aromatic heterocycles. The Hall–Kier alpha value is -2.70. The second kappa shape index (κ2) is 6.55. The molecule has 0 radical (unpaired) electrons. The first-order chi connectivity index (χ1) is 12.5. The summed E-state index contributed by atoms with van der Waals surface area (Å²) in [7, 11) is 0. The van der Waals surface area contributed by atoms with Gasteiger partial charge >= 0.3 is 6.03 Å². The Morgan fingerprint density at radius 1 is 1.35 bits per heavy atom. The van der Waals surface area contributed by atoms with E-state index in [2.05, 4.69) is 24.3 Å². The van der Waals surface area contributed by atoms with Gasteiger partial charge in [0.15, 0.2) is 11.5 Å². The molecule has 0 aliphatic carbocycles. The molecule has 7 nitrogen and oxygen atoms in total. The third-order valence-corrected chi connectivity index (χ3v) is 5.19. The summed E-state index contributed by atoms with van der Waals surface area (Å²) in [5.74, 6) is 1.54. The highest BCUT2D eigenvalue weighted by Crippen LogP contribution is 2.36. The quantitative estimate of drug-likeness (QED) is 0.914. The molecule has 1 N–H and O–H groups in total. The van der Waals surface area contributed by atoms with Gasteiger partial charge in [0.05, 0.1) is 6.04 Å². The van der Waals surface area contributed by atoms with Gasteiger partial charge in [0, 0.05) is 37.4 Å². The maximum atomic E-state index is 12.6. The summed E-state index contributed by atoms with van der Waals surface area (Å²) in [6, 6.07) is 8.11. The molecular weight excluding hydrogens is 332 g/mol. The third kappa shape index (κ3) is 3.21. The van der Waals surface area contributed by atoms with Gasteiger partial charge in [-0.2, -0.15) is 5.10 Å². The fourth-order valence-corrected chi connectivity index (χ4v) is 3.47. The molecule has 26 heavy (non-hydrogen) atoms. The minimum Gasteiger partial charge on any atom is -0.454 e. The number of likely N-dealkylation sites (tertiary alicyclic amines) is 1. The van der Waals surface area contributed by atoms with E-state index in [0.717, 1.165) is 30.0 Å². The topological polar surface area (TPSA) is 68.6 Å². The number of carbonyl (C=O) groups is 1. The van der Waals surface area contributed by atoms with Crippen molar-refractivity contribution in [3.63, 3.8) is 0 Å². The van der Waals surface area contributed by atoms with E-state index >= 15 is 0 Å². The maximum Gasteiger partial charge on any atom is 0.317 e. The number of nitrogens with one attached hydrogen (secondary N) is 1. The zero-order valence-corrected chi connectivity index (χ0v) is 15.1. The number of hydrogen-bond acceptors (Lipinski definition) is 4. The molecule has 2 aliphatic heterocycles. The Morgan fingerprint density at radius 3 is 3.00 bits per heavy atom. The van der Waals surface area contributed by atoms with Gasteiger partial charge in [0.1, 0.15) is 0 Å². The fourth-order valence-electron chi connectivity index (χ4n) is 3.47. The van der Waals surface area contributed by atoms with E-state index < -0.39 is 0 Å². The normalized spacial score (nSPS) is 19.0. The summed E-state index contributed by atoms with van der Waals surface area (Å²) in [4.78, 5) is 14.4. The minimum absolute atomic E-state index is 0.0199. The van der Waals surface area contributed by atoms with Crippen molar-refractivity contribution >= 4 is 6.03 Å². The number of hydrogen-bond donors (Lipinski definition) is 1. The molecule has 0 bridgehead atoms. The van der Waals surface area contributed by atoms with Crippen LogP contribution in [-0.2, 0) is 5.41 Å². The van der Waals surface area contributed by atoms with Crippen molar-refractivity contribution in [1.82, 2.24) is 20.0 Å². The van der Waals surface area contributed by atoms with Crippen LogP contribution in [0.15, 0.2) is 36.7 Å². The van der Waals surface area contributed by atoms with Crippen molar-refractivity contribution in [2.24, 2.45) is 0 Å². The van der Waals surface area contributed by atoms with Crippen LogP contribution in [0.2, 0.25) is 0 Å². The fraction of sp³-hybridized carbons (Fsp3) is 0.474. The van der Waals surface area contributed by atoms with Crippen molar-refractivity contribution in [1.29, 1.82) is 0 Å². The number of carbonyl (C=O) groups excluding carboxylic acids is 1. The van der Waals surface area contributed by atoms with Crippen molar-refractivity contribution in [3.05, 3.63) is 42.2 Å². The zero-order chi connectivity index (χ0) is 18.1. The lowest BCUT2D eigenvalue weighted by molar-refractivity contribution is 0.174. The summed E-state index contributed by atoms with van der Waals surface area (Å²) in [6.45, 7) is 6.48. The predicted molar refractivity (Wildman–Crippen MR) is 96.4 cm³/mol. The van der Waals surface area contributed by atoms with Crippen LogP contribution in [-0.4, -0.2) is 47.1 Å². The van der Waals surface area contributed by atoms with Gasteiger partial charge in [0.25, 0.3) is 0 Å². The highest BCUT2D eigenvalue weighted by Gasteiger charge is 2.29. The summed E-state index contributed by atoms with van der Waals surface area (Å²) in [5, 5.41) is 7.36. The molecule has 2 amide bonds. The third-order valence-electron chi connectivity index (χ3n) is 5.19. The van der Waals surface area contributed by atoms with Crippen LogP contribution in [0.25, 0.3) is 0 Å². The highest BCUT2D eigenvalue weighted by molar-refractivity contribution is 5.74. The lowest BCUT2D eigenvalue weighted by Crippen LogP contribution is -2.44. The first-order valence-corrected chi connectivity index (χ1v) is 8.95. The highest BCUT2D eigenvalue weighted by atomic mass is 16.7. The van der Waals surface area contributed by atoms with Crippen LogP contribution in [0.3, 0.4) is 0 Å². The van der Waals surface area contributed by atoms with Crippen LogP contribution in [0.1, 0.15) is 31.9 Å². The number of fused-ring (bicyclic) bond motifs is 1.